The molecular weight excluding hydrogens is 396 g/mol. The molecule has 1 aromatic heterocycles. The number of aliphatic hydroxyl groups is 1. The van der Waals surface area contributed by atoms with Crippen molar-refractivity contribution in [2.75, 3.05) is 13.1 Å². The van der Waals surface area contributed by atoms with Crippen molar-refractivity contribution >= 4 is 12.0 Å². The van der Waals surface area contributed by atoms with Crippen LogP contribution in [0.1, 0.15) is 56.0 Å². The normalized spacial score (nSPS) is 26.4. The summed E-state index contributed by atoms with van der Waals surface area (Å²) in [6.45, 7) is 0.442. The third-order valence-electron chi connectivity index (χ3n) is 6.81. The Kier molecular flexibility index (Phi) is 4.97. The molecular formula is C23H28N4O4. The number of hydrogen-bond donors (Lipinski definition) is 2. The number of benzene rings is 1. The zero-order valence-electron chi connectivity index (χ0n) is 17.4. The Labute approximate surface area is 181 Å². The average molecular weight is 425 g/mol. The number of carbonyl (C=O) groups excluding carboxylic acids is 2. The first kappa shape index (κ1) is 20.1. The number of β-amino-alcohol motifs (C(OH)–C–C–N with tert-alkyl or cyclic N) is 1. The topological polar surface area (TPSA) is 111 Å². The number of ether oxygens (including phenoxy) is 1. The molecule has 164 valence electrons. The highest BCUT2D eigenvalue weighted by Crippen LogP contribution is 2.45. The second-order valence-corrected chi connectivity index (χ2v) is 9.04. The summed E-state index contributed by atoms with van der Waals surface area (Å²) in [6.07, 6.45) is 7.97. The molecule has 5 rings (SSSR count). The molecule has 0 radical (unpaired) electrons. The first-order chi connectivity index (χ1) is 15.0. The van der Waals surface area contributed by atoms with Crippen molar-refractivity contribution in [3.05, 3.63) is 42.2 Å². The Morgan fingerprint density at radius 2 is 1.97 bits per heavy atom. The van der Waals surface area contributed by atoms with E-state index in [2.05, 4.69) is 17.4 Å². The lowest BCUT2D eigenvalue weighted by Crippen LogP contribution is -2.59. The number of carbonyl (C=O) groups is 2. The van der Waals surface area contributed by atoms with E-state index in [1.807, 2.05) is 29.1 Å². The van der Waals surface area contributed by atoms with Gasteiger partial charge in [-0.05, 0) is 43.2 Å². The Bertz CT molecular complexity index is 995. The summed E-state index contributed by atoms with van der Waals surface area (Å²) in [6, 6.07) is 8.54. The third kappa shape index (κ3) is 3.69. The van der Waals surface area contributed by atoms with Crippen LogP contribution in [-0.2, 0) is 9.53 Å². The van der Waals surface area contributed by atoms with Crippen LogP contribution in [0.2, 0.25) is 0 Å². The van der Waals surface area contributed by atoms with Crippen molar-refractivity contribution in [3.8, 4) is 11.1 Å². The first-order valence-corrected chi connectivity index (χ1v) is 11.1. The van der Waals surface area contributed by atoms with Gasteiger partial charge < -0.3 is 20.5 Å². The van der Waals surface area contributed by atoms with Gasteiger partial charge in [-0.15, -0.1) is 0 Å². The predicted molar refractivity (Wildman–Crippen MR) is 113 cm³/mol. The fourth-order valence-electron chi connectivity index (χ4n) is 4.83. The molecule has 3 N–H and O–H groups in total. The van der Waals surface area contributed by atoms with Crippen molar-refractivity contribution in [3.63, 3.8) is 0 Å². The Hall–Kier alpha value is -2.87. The van der Waals surface area contributed by atoms with Gasteiger partial charge in [0.05, 0.1) is 31.4 Å². The van der Waals surface area contributed by atoms with Gasteiger partial charge >= 0.3 is 6.09 Å². The molecule has 2 heterocycles. The van der Waals surface area contributed by atoms with Crippen LogP contribution < -0.4 is 5.73 Å². The molecule has 1 aromatic carbocycles. The molecule has 2 aliphatic carbocycles. The molecule has 0 bridgehead atoms. The van der Waals surface area contributed by atoms with Crippen LogP contribution in [0.5, 0.6) is 0 Å². The monoisotopic (exact) mass is 424 g/mol. The van der Waals surface area contributed by atoms with Gasteiger partial charge in [-0.2, -0.15) is 5.10 Å². The highest BCUT2D eigenvalue weighted by Gasteiger charge is 2.51. The highest BCUT2D eigenvalue weighted by atomic mass is 16.6. The average Bonchev–Trinajstić information content (AvgIpc) is 3.48. The maximum atomic E-state index is 12.7. The van der Waals surface area contributed by atoms with Crippen LogP contribution in [0.25, 0.3) is 11.1 Å². The lowest BCUT2D eigenvalue weighted by atomic mass is 9.71. The molecule has 2 saturated carbocycles. The van der Waals surface area contributed by atoms with Crippen LogP contribution in [-0.4, -0.2) is 56.6 Å². The van der Waals surface area contributed by atoms with Crippen molar-refractivity contribution in [1.82, 2.24) is 14.7 Å². The zero-order chi connectivity index (χ0) is 21.6. The van der Waals surface area contributed by atoms with E-state index in [1.165, 1.54) is 17.7 Å². The summed E-state index contributed by atoms with van der Waals surface area (Å²) < 4.78 is 7.85. The van der Waals surface area contributed by atoms with Crippen LogP contribution in [0.3, 0.4) is 0 Å². The molecule has 31 heavy (non-hydrogen) atoms. The van der Waals surface area contributed by atoms with Crippen LogP contribution in [0.15, 0.2) is 36.7 Å². The molecule has 8 nitrogen and oxygen atoms in total. The number of primary amides is 1. The van der Waals surface area contributed by atoms with E-state index >= 15 is 0 Å². The number of rotatable bonds is 5. The molecule has 1 aliphatic heterocycles. The standard InChI is InChI=1S/C23H28N4O4/c24-21(29)23(31-22(30)26-13-19(28)14-26)9-2-1-6-20(23)16-5-3-4-15(10-16)17-11-25-27(12-17)18-7-8-18/h3-5,10-12,18-20,28H,1-2,6-9,13-14H2,(H2,24,29). The summed E-state index contributed by atoms with van der Waals surface area (Å²) in [4.78, 5) is 26.8. The van der Waals surface area contributed by atoms with Crippen LogP contribution >= 0.6 is 0 Å². The molecule has 1 saturated heterocycles. The highest BCUT2D eigenvalue weighted by molar-refractivity contribution is 5.88. The Morgan fingerprint density at radius 1 is 1.16 bits per heavy atom. The van der Waals surface area contributed by atoms with E-state index in [0.717, 1.165) is 29.5 Å². The second kappa shape index (κ2) is 7.67. The molecule has 3 aliphatic rings. The smallest absolute Gasteiger partial charge is 0.411 e. The third-order valence-corrected chi connectivity index (χ3v) is 6.81. The molecule has 2 aromatic rings. The first-order valence-electron chi connectivity index (χ1n) is 11.1. The van der Waals surface area contributed by atoms with Gasteiger partial charge in [-0.1, -0.05) is 30.7 Å². The van der Waals surface area contributed by atoms with Crippen molar-refractivity contribution < 1.29 is 19.4 Å². The maximum absolute atomic E-state index is 12.7. The summed E-state index contributed by atoms with van der Waals surface area (Å²) in [5.74, 6) is -0.925. The van der Waals surface area contributed by atoms with Gasteiger partial charge in [0.1, 0.15) is 0 Å². The van der Waals surface area contributed by atoms with Gasteiger partial charge in [0.15, 0.2) is 5.60 Å². The molecule has 2 atom stereocenters. The molecule has 8 heteroatoms. The summed E-state index contributed by atoms with van der Waals surface area (Å²) in [7, 11) is 0. The lowest BCUT2D eigenvalue weighted by molar-refractivity contribution is -0.145. The van der Waals surface area contributed by atoms with Crippen molar-refractivity contribution in [2.24, 2.45) is 5.73 Å². The van der Waals surface area contributed by atoms with Crippen LogP contribution in [0, 0.1) is 0 Å². The fraction of sp³-hybridized carbons (Fsp3) is 0.522. The zero-order valence-corrected chi connectivity index (χ0v) is 17.4. The van der Waals surface area contributed by atoms with Gasteiger partial charge in [-0.3, -0.25) is 9.48 Å². The predicted octanol–water partition coefficient (Wildman–Crippen LogP) is 2.58. The molecule has 0 spiro atoms. The lowest BCUT2D eigenvalue weighted by Gasteiger charge is -2.44. The Morgan fingerprint density at radius 3 is 2.68 bits per heavy atom. The number of likely N-dealkylation sites (tertiary alicyclic amines) is 1. The maximum Gasteiger partial charge on any atom is 0.411 e. The van der Waals surface area contributed by atoms with Gasteiger partial charge in [0, 0.05) is 17.7 Å². The number of aromatic nitrogens is 2. The van der Waals surface area contributed by atoms with Crippen LogP contribution in [0.4, 0.5) is 4.79 Å². The summed E-state index contributed by atoms with van der Waals surface area (Å²) >= 11 is 0. The van der Waals surface area contributed by atoms with Crippen molar-refractivity contribution in [2.45, 2.75) is 62.2 Å². The largest absolute Gasteiger partial charge is 0.432 e. The van der Waals surface area contributed by atoms with E-state index in [9.17, 15) is 14.7 Å². The number of aliphatic hydroxyl groups excluding tert-OH is 1. The minimum absolute atomic E-state index is 0.221. The van der Waals surface area contributed by atoms with E-state index in [0.29, 0.717) is 18.9 Å². The molecule has 2 unspecified atom stereocenters. The second-order valence-electron chi connectivity index (χ2n) is 9.04. The SMILES string of the molecule is NC(=O)C1(OC(=O)N2CC(O)C2)CCCCC1c1cccc(-c2cnn(C3CC3)c2)c1. The molecule has 3 fully saturated rings. The number of amides is 2. The van der Waals surface area contributed by atoms with E-state index in [4.69, 9.17) is 10.5 Å². The van der Waals surface area contributed by atoms with E-state index in [1.54, 1.807) is 0 Å². The minimum atomic E-state index is -1.38. The number of hydrogen-bond acceptors (Lipinski definition) is 5. The number of nitrogens with two attached hydrogens (primary N) is 1. The Balaban J connectivity index is 1.44. The van der Waals surface area contributed by atoms with Gasteiger partial charge in [0.25, 0.3) is 5.91 Å². The van der Waals surface area contributed by atoms with E-state index < -0.39 is 23.7 Å². The summed E-state index contributed by atoms with van der Waals surface area (Å²) in [5, 5.41) is 14.0. The van der Waals surface area contributed by atoms with Crippen molar-refractivity contribution in [1.29, 1.82) is 0 Å². The summed E-state index contributed by atoms with van der Waals surface area (Å²) in [5.41, 5.74) is 7.46. The van der Waals surface area contributed by atoms with Gasteiger partial charge in [0.2, 0.25) is 0 Å². The fourth-order valence-corrected chi connectivity index (χ4v) is 4.83. The quantitative estimate of drug-likeness (QED) is 0.766. The number of nitrogens with zero attached hydrogens (tertiary/aromatic N) is 3. The van der Waals surface area contributed by atoms with Gasteiger partial charge in [-0.25, -0.2) is 4.79 Å². The molecule has 2 amide bonds. The van der Waals surface area contributed by atoms with E-state index in [-0.39, 0.29) is 19.0 Å². The minimum Gasteiger partial charge on any atom is -0.432 e.